The third-order valence-electron chi connectivity index (χ3n) is 8.12. The maximum Gasteiger partial charge on any atom is 0.333 e. The number of aliphatic hydroxyl groups is 1. The lowest BCUT2D eigenvalue weighted by atomic mass is 9.83. The van der Waals surface area contributed by atoms with Gasteiger partial charge >= 0.3 is 6.55 Å². The van der Waals surface area contributed by atoms with E-state index in [1.807, 2.05) is 6.92 Å². The summed E-state index contributed by atoms with van der Waals surface area (Å²) in [5.41, 5.74) is 1.30. The predicted octanol–water partition coefficient (Wildman–Crippen LogP) is 4.96. The zero-order chi connectivity index (χ0) is 30.2. The molecule has 0 unspecified atom stereocenters. The van der Waals surface area contributed by atoms with E-state index in [0.717, 1.165) is 29.8 Å². The van der Waals surface area contributed by atoms with Gasteiger partial charge in [0.1, 0.15) is 11.6 Å². The molecule has 2 aliphatic carbocycles. The number of aromatic nitrogens is 7. The molecule has 4 aromatic heterocycles. The molecular formula is C28H33F2N9O3S. The predicted molar refractivity (Wildman–Crippen MR) is 156 cm³/mol. The lowest BCUT2D eigenvalue weighted by Gasteiger charge is -2.34. The molecule has 0 aliphatic heterocycles. The molecule has 2 saturated carbocycles. The van der Waals surface area contributed by atoms with Gasteiger partial charge in [0.25, 0.3) is 10.0 Å². The maximum atomic E-state index is 13.2. The van der Waals surface area contributed by atoms with Crippen molar-refractivity contribution in [3.63, 3.8) is 0 Å². The van der Waals surface area contributed by atoms with Crippen molar-refractivity contribution >= 4 is 27.3 Å². The molecule has 0 aromatic carbocycles. The standard InChI is InChI=1S/C28H33F2N9O3S/c1-28(40)10-6-19(7-11-28)34-23-14-25(32-16-21(23)22-9-13-38(37-22)27(29)30)35-24-8-12-31-26(36-24)18-15-33-39(17-18)43(41,42)20-4-2-3-5-20/h8-9,12-17,19-20,27,40H,2-7,10-11H2,1H3,(H2,31,32,34,35,36). The van der Waals surface area contributed by atoms with Gasteiger partial charge in [0.05, 0.1) is 34.5 Å². The molecule has 0 radical (unpaired) electrons. The Morgan fingerprint density at radius 2 is 1.84 bits per heavy atom. The average Bonchev–Trinajstić information content (AvgIpc) is 3.77. The molecule has 0 atom stereocenters. The first-order valence-electron chi connectivity index (χ1n) is 14.3. The van der Waals surface area contributed by atoms with Crippen LogP contribution in [-0.2, 0) is 10.0 Å². The van der Waals surface area contributed by atoms with Crippen molar-refractivity contribution in [1.82, 2.24) is 33.9 Å². The second-order valence-corrected chi connectivity index (χ2v) is 13.5. The van der Waals surface area contributed by atoms with Gasteiger partial charge in [0, 0.05) is 41.9 Å². The monoisotopic (exact) mass is 613 g/mol. The van der Waals surface area contributed by atoms with Crippen LogP contribution in [-0.4, -0.2) is 64.3 Å². The molecule has 3 N–H and O–H groups in total. The van der Waals surface area contributed by atoms with E-state index < -0.39 is 27.4 Å². The minimum absolute atomic E-state index is 0.0640. The first-order chi connectivity index (χ1) is 20.6. The summed E-state index contributed by atoms with van der Waals surface area (Å²) in [5, 5.41) is 24.7. The van der Waals surface area contributed by atoms with Gasteiger partial charge < -0.3 is 15.7 Å². The van der Waals surface area contributed by atoms with Gasteiger partial charge in [-0.05, 0) is 57.6 Å². The Labute approximate surface area is 247 Å². The van der Waals surface area contributed by atoms with E-state index in [9.17, 15) is 22.3 Å². The molecule has 15 heteroatoms. The quantitative estimate of drug-likeness (QED) is 0.236. The summed E-state index contributed by atoms with van der Waals surface area (Å²) < 4.78 is 53.9. The molecule has 0 spiro atoms. The maximum absolute atomic E-state index is 13.2. The Kier molecular flexibility index (Phi) is 7.85. The fourth-order valence-corrected chi connectivity index (χ4v) is 7.31. The first kappa shape index (κ1) is 29.1. The molecule has 0 amide bonds. The zero-order valence-electron chi connectivity index (χ0n) is 23.6. The number of anilines is 3. The molecule has 43 heavy (non-hydrogen) atoms. The highest BCUT2D eigenvalue weighted by molar-refractivity contribution is 7.90. The molecular weight excluding hydrogens is 580 g/mol. The van der Waals surface area contributed by atoms with E-state index >= 15 is 0 Å². The van der Waals surface area contributed by atoms with Crippen molar-refractivity contribution in [2.75, 3.05) is 10.6 Å². The molecule has 2 aliphatic rings. The number of nitrogens with zero attached hydrogens (tertiary/aromatic N) is 7. The summed E-state index contributed by atoms with van der Waals surface area (Å²) in [6, 6.07) is 4.99. The number of rotatable bonds is 9. The third kappa shape index (κ3) is 6.37. The van der Waals surface area contributed by atoms with Crippen LogP contribution in [0.15, 0.2) is 49.2 Å². The Hall–Kier alpha value is -3.98. The Morgan fingerprint density at radius 1 is 1.07 bits per heavy atom. The first-order valence-corrected chi connectivity index (χ1v) is 15.8. The highest BCUT2D eigenvalue weighted by Gasteiger charge is 2.31. The van der Waals surface area contributed by atoms with Crippen LogP contribution in [0.1, 0.15) is 64.8 Å². The minimum Gasteiger partial charge on any atom is -0.390 e. The van der Waals surface area contributed by atoms with Crippen LogP contribution < -0.4 is 10.6 Å². The van der Waals surface area contributed by atoms with Crippen molar-refractivity contribution in [1.29, 1.82) is 0 Å². The topological polar surface area (TPSA) is 153 Å². The number of hydrogen-bond acceptors (Lipinski definition) is 10. The Bertz CT molecular complexity index is 1690. The average molecular weight is 614 g/mol. The number of alkyl halides is 2. The van der Waals surface area contributed by atoms with E-state index in [2.05, 4.69) is 35.8 Å². The number of halogens is 2. The molecule has 2 fully saturated rings. The second kappa shape index (κ2) is 11.6. The van der Waals surface area contributed by atoms with Crippen LogP contribution in [0.3, 0.4) is 0 Å². The van der Waals surface area contributed by atoms with E-state index in [4.69, 9.17) is 0 Å². The summed E-state index contributed by atoms with van der Waals surface area (Å²) in [7, 11) is -3.58. The van der Waals surface area contributed by atoms with E-state index in [1.165, 1.54) is 24.7 Å². The molecule has 6 rings (SSSR count). The van der Waals surface area contributed by atoms with Gasteiger partial charge in [-0.15, -0.1) is 0 Å². The Morgan fingerprint density at radius 3 is 2.56 bits per heavy atom. The van der Waals surface area contributed by atoms with E-state index in [1.54, 1.807) is 24.5 Å². The minimum atomic E-state index is -3.58. The van der Waals surface area contributed by atoms with E-state index in [-0.39, 0.29) is 6.04 Å². The summed E-state index contributed by atoms with van der Waals surface area (Å²) in [6.07, 6.45) is 13.0. The van der Waals surface area contributed by atoms with Crippen molar-refractivity contribution in [3.8, 4) is 22.6 Å². The summed E-state index contributed by atoms with van der Waals surface area (Å²) in [4.78, 5) is 13.3. The van der Waals surface area contributed by atoms with Crippen molar-refractivity contribution < 1.29 is 22.3 Å². The summed E-state index contributed by atoms with van der Waals surface area (Å²) in [6.45, 7) is -0.933. The second-order valence-electron chi connectivity index (χ2n) is 11.4. The van der Waals surface area contributed by atoms with Crippen LogP contribution in [0.2, 0.25) is 0 Å². The fourth-order valence-electron chi connectivity index (χ4n) is 5.64. The van der Waals surface area contributed by atoms with E-state index in [0.29, 0.717) is 70.3 Å². The lowest BCUT2D eigenvalue weighted by Crippen LogP contribution is -2.35. The number of pyridine rings is 1. The van der Waals surface area contributed by atoms with Crippen molar-refractivity contribution in [2.24, 2.45) is 0 Å². The smallest absolute Gasteiger partial charge is 0.333 e. The van der Waals surface area contributed by atoms with Crippen LogP contribution in [0.4, 0.5) is 26.1 Å². The Balaban J connectivity index is 1.25. The SMILES string of the molecule is CC1(O)CCC(Nc2cc(Nc3ccnc(-c4cnn(S(=O)(=O)C5CCCC5)c4)n3)ncc2-c2ccn(C(F)F)n2)CC1. The fraction of sp³-hybridized carbons (Fsp3) is 0.464. The normalized spacial score (nSPS) is 21.4. The number of hydrogen-bond donors (Lipinski definition) is 3. The molecule has 228 valence electrons. The highest BCUT2D eigenvalue weighted by atomic mass is 32.2. The zero-order valence-corrected chi connectivity index (χ0v) is 24.4. The summed E-state index contributed by atoms with van der Waals surface area (Å²) in [5.74, 6) is 1.14. The van der Waals surface area contributed by atoms with Crippen LogP contribution in [0.5, 0.6) is 0 Å². The van der Waals surface area contributed by atoms with Crippen molar-refractivity contribution in [2.45, 2.75) is 81.7 Å². The van der Waals surface area contributed by atoms with Gasteiger partial charge in [-0.2, -0.15) is 23.1 Å². The molecule has 4 heterocycles. The molecule has 12 nitrogen and oxygen atoms in total. The van der Waals surface area contributed by atoms with Gasteiger partial charge in [-0.1, -0.05) is 12.8 Å². The van der Waals surface area contributed by atoms with Crippen LogP contribution >= 0.6 is 0 Å². The number of nitrogens with one attached hydrogen (secondary N) is 2. The summed E-state index contributed by atoms with van der Waals surface area (Å²) >= 11 is 0. The largest absolute Gasteiger partial charge is 0.390 e. The van der Waals surface area contributed by atoms with Crippen molar-refractivity contribution in [3.05, 3.63) is 49.2 Å². The molecule has 0 saturated heterocycles. The molecule has 4 aromatic rings. The third-order valence-corrected chi connectivity index (χ3v) is 10.2. The van der Waals surface area contributed by atoms with Gasteiger partial charge in [0.2, 0.25) is 0 Å². The lowest BCUT2D eigenvalue weighted by molar-refractivity contribution is 0.0196. The van der Waals surface area contributed by atoms with Gasteiger partial charge in [-0.3, -0.25) is 0 Å². The van der Waals surface area contributed by atoms with Crippen LogP contribution in [0, 0.1) is 0 Å². The van der Waals surface area contributed by atoms with Gasteiger partial charge in [-0.25, -0.2) is 28.1 Å². The molecule has 0 bridgehead atoms. The highest BCUT2D eigenvalue weighted by Crippen LogP contribution is 2.34. The van der Waals surface area contributed by atoms with Crippen LogP contribution in [0.25, 0.3) is 22.6 Å². The van der Waals surface area contributed by atoms with Gasteiger partial charge in [0.15, 0.2) is 5.82 Å².